The Bertz CT molecular complexity index is 499. The van der Waals surface area contributed by atoms with Gasteiger partial charge in [0.15, 0.2) is 0 Å². The molecule has 17 heavy (non-hydrogen) atoms. The molecule has 1 N–H and O–H groups in total. The third kappa shape index (κ3) is 2.99. The zero-order valence-electron chi connectivity index (χ0n) is 9.61. The highest BCUT2D eigenvalue weighted by Gasteiger charge is 2.05. The van der Waals surface area contributed by atoms with Gasteiger partial charge in [0.1, 0.15) is 11.5 Å². The molecular weight excluding hydrogens is 234 g/mol. The first-order chi connectivity index (χ1) is 8.31. The van der Waals surface area contributed by atoms with Gasteiger partial charge >= 0.3 is 0 Å². The van der Waals surface area contributed by atoms with Crippen molar-refractivity contribution in [2.24, 2.45) is 0 Å². The monoisotopic (exact) mass is 247 g/mol. The van der Waals surface area contributed by atoms with E-state index in [0.717, 1.165) is 17.9 Å². The summed E-state index contributed by atoms with van der Waals surface area (Å²) in [5, 5.41) is 3.73. The number of hydrogen-bond acceptors (Lipinski definition) is 2. The van der Waals surface area contributed by atoms with E-state index in [1.807, 2.05) is 55.6 Å². The first-order valence-corrected chi connectivity index (χ1v) is 5.84. The highest BCUT2D eigenvalue weighted by atomic mass is 35.5. The fourth-order valence-corrected chi connectivity index (χ4v) is 1.76. The molecule has 0 heterocycles. The largest absolute Gasteiger partial charge is 0.455 e. The summed E-state index contributed by atoms with van der Waals surface area (Å²) >= 11 is 6.06. The second kappa shape index (κ2) is 5.71. The highest BCUT2D eigenvalue weighted by Crippen LogP contribution is 2.30. The first-order valence-electron chi connectivity index (χ1n) is 5.46. The lowest BCUT2D eigenvalue weighted by Crippen LogP contribution is -2.06. The fraction of sp³-hybridized carbons (Fsp3) is 0.143. The molecule has 0 spiro atoms. The van der Waals surface area contributed by atoms with Crippen LogP contribution in [0.1, 0.15) is 5.56 Å². The molecule has 2 rings (SSSR count). The standard InChI is InChI=1S/C14H14ClNO/c1-16-10-11-6-2-4-8-13(11)17-14-9-5-3-7-12(14)15/h2-9,16H,10H2,1H3. The van der Waals surface area contributed by atoms with Gasteiger partial charge in [0.2, 0.25) is 0 Å². The van der Waals surface area contributed by atoms with Gasteiger partial charge in [0.25, 0.3) is 0 Å². The van der Waals surface area contributed by atoms with E-state index in [-0.39, 0.29) is 0 Å². The van der Waals surface area contributed by atoms with Crippen LogP contribution in [0.2, 0.25) is 5.02 Å². The summed E-state index contributed by atoms with van der Waals surface area (Å²) in [7, 11) is 1.91. The molecule has 0 amide bonds. The summed E-state index contributed by atoms with van der Waals surface area (Å²) in [5.74, 6) is 1.51. The third-order valence-corrected chi connectivity index (χ3v) is 2.71. The number of para-hydroxylation sites is 2. The molecule has 0 fully saturated rings. The van der Waals surface area contributed by atoms with E-state index in [1.54, 1.807) is 0 Å². The molecule has 0 aliphatic rings. The third-order valence-electron chi connectivity index (χ3n) is 2.40. The Labute approximate surface area is 106 Å². The Hall–Kier alpha value is -1.51. The van der Waals surface area contributed by atoms with E-state index in [4.69, 9.17) is 16.3 Å². The molecule has 0 atom stereocenters. The van der Waals surface area contributed by atoms with Gasteiger partial charge in [0.05, 0.1) is 5.02 Å². The summed E-state index contributed by atoms with van der Waals surface area (Å²) in [6, 6.07) is 15.4. The van der Waals surface area contributed by atoms with Crippen molar-refractivity contribution >= 4 is 11.6 Å². The molecule has 0 saturated carbocycles. The van der Waals surface area contributed by atoms with Crippen LogP contribution in [0.3, 0.4) is 0 Å². The molecule has 2 aromatic rings. The first kappa shape index (κ1) is 12.0. The Kier molecular flexibility index (Phi) is 4.02. The summed E-state index contributed by atoms with van der Waals surface area (Å²) in [5.41, 5.74) is 1.11. The van der Waals surface area contributed by atoms with Crippen LogP contribution in [0.4, 0.5) is 0 Å². The smallest absolute Gasteiger partial charge is 0.146 e. The zero-order valence-corrected chi connectivity index (χ0v) is 10.4. The molecule has 0 radical (unpaired) electrons. The van der Waals surface area contributed by atoms with Crippen molar-refractivity contribution in [3.63, 3.8) is 0 Å². The maximum Gasteiger partial charge on any atom is 0.146 e. The maximum atomic E-state index is 6.06. The Morgan fingerprint density at radius 1 is 1.00 bits per heavy atom. The normalized spacial score (nSPS) is 10.2. The molecule has 0 aromatic heterocycles. The Morgan fingerprint density at radius 3 is 2.35 bits per heavy atom. The van der Waals surface area contributed by atoms with Crippen LogP contribution in [0.25, 0.3) is 0 Å². The Balaban J connectivity index is 2.27. The number of hydrogen-bond donors (Lipinski definition) is 1. The van der Waals surface area contributed by atoms with Crippen LogP contribution in [-0.2, 0) is 6.54 Å². The zero-order chi connectivity index (χ0) is 12.1. The van der Waals surface area contributed by atoms with Crippen molar-refractivity contribution in [3.05, 3.63) is 59.1 Å². The van der Waals surface area contributed by atoms with Crippen LogP contribution in [0.5, 0.6) is 11.5 Å². The number of ether oxygens (including phenoxy) is 1. The van der Waals surface area contributed by atoms with Gasteiger partial charge < -0.3 is 10.1 Å². The topological polar surface area (TPSA) is 21.3 Å². The number of nitrogens with one attached hydrogen (secondary N) is 1. The lowest BCUT2D eigenvalue weighted by Gasteiger charge is -2.11. The molecule has 0 saturated heterocycles. The molecule has 3 heteroatoms. The van der Waals surface area contributed by atoms with E-state index >= 15 is 0 Å². The minimum Gasteiger partial charge on any atom is -0.455 e. The fourth-order valence-electron chi connectivity index (χ4n) is 1.59. The molecular formula is C14H14ClNO. The van der Waals surface area contributed by atoms with Gasteiger partial charge in [-0.2, -0.15) is 0 Å². The SMILES string of the molecule is CNCc1ccccc1Oc1ccccc1Cl. The van der Waals surface area contributed by atoms with Crippen LogP contribution in [0, 0.1) is 0 Å². The molecule has 0 aliphatic carbocycles. The van der Waals surface area contributed by atoms with Crippen LogP contribution < -0.4 is 10.1 Å². The number of rotatable bonds is 4. The molecule has 2 aromatic carbocycles. The van der Waals surface area contributed by atoms with E-state index in [9.17, 15) is 0 Å². The number of halogens is 1. The second-order valence-electron chi connectivity index (χ2n) is 3.67. The molecule has 0 aliphatic heterocycles. The van der Waals surface area contributed by atoms with E-state index in [1.165, 1.54) is 0 Å². The van der Waals surface area contributed by atoms with E-state index in [0.29, 0.717) is 10.8 Å². The Morgan fingerprint density at radius 2 is 1.65 bits per heavy atom. The van der Waals surface area contributed by atoms with Gasteiger partial charge in [-0.1, -0.05) is 41.9 Å². The van der Waals surface area contributed by atoms with Crippen molar-refractivity contribution in [1.82, 2.24) is 5.32 Å². The van der Waals surface area contributed by atoms with Gasteiger partial charge in [-0.25, -0.2) is 0 Å². The van der Waals surface area contributed by atoms with E-state index < -0.39 is 0 Å². The number of benzene rings is 2. The molecule has 2 nitrogen and oxygen atoms in total. The highest BCUT2D eigenvalue weighted by molar-refractivity contribution is 6.32. The molecule has 0 unspecified atom stereocenters. The van der Waals surface area contributed by atoms with Crippen molar-refractivity contribution in [1.29, 1.82) is 0 Å². The van der Waals surface area contributed by atoms with Gasteiger partial charge in [-0.15, -0.1) is 0 Å². The minimum absolute atomic E-state index is 0.617. The maximum absolute atomic E-state index is 6.06. The lowest BCUT2D eigenvalue weighted by atomic mass is 10.2. The second-order valence-corrected chi connectivity index (χ2v) is 4.08. The average Bonchev–Trinajstić information content (AvgIpc) is 2.35. The van der Waals surface area contributed by atoms with Gasteiger partial charge in [0, 0.05) is 12.1 Å². The predicted octanol–water partition coefficient (Wildman–Crippen LogP) is 3.85. The summed E-state index contributed by atoms with van der Waals surface area (Å²) in [6.07, 6.45) is 0. The minimum atomic E-state index is 0.617. The quantitative estimate of drug-likeness (QED) is 0.886. The predicted molar refractivity (Wildman–Crippen MR) is 70.7 cm³/mol. The van der Waals surface area contributed by atoms with Gasteiger partial charge in [-0.05, 0) is 25.2 Å². The van der Waals surface area contributed by atoms with E-state index in [2.05, 4.69) is 5.32 Å². The van der Waals surface area contributed by atoms with Gasteiger partial charge in [-0.3, -0.25) is 0 Å². The summed E-state index contributed by atoms with van der Waals surface area (Å²) in [4.78, 5) is 0. The average molecular weight is 248 g/mol. The van der Waals surface area contributed by atoms with Crippen molar-refractivity contribution in [3.8, 4) is 11.5 Å². The molecule has 0 bridgehead atoms. The van der Waals surface area contributed by atoms with Crippen LogP contribution in [-0.4, -0.2) is 7.05 Å². The summed E-state index contributed by atoms with van der Waals surface area (Å²) < 4.78 is 5.82. The summed E-state index contributed by atoms with van der Waals surface area (Å²) in [6.45, 7) is 0.765. The molecule has 88 valence electrons. The van der Waals surface area contributed by atoms with Crippen LogP contribution >= 0.6 is 11.6 Å². The lowest BCUT2D eigenvalue weighted by molar-refractivity contribution is 0.474. The van der Waals surface area contributed by atoms with Crippen LogP contribution in [0.15, 0.2) is 48.5 Å². The van der Waals surface area contributed by atoms with Crippen molar-refractivity contribution in [2.45, 2.75) is 6.54 Å². The van der Waals surface area contributed by atoms with Crippen molar-refractivity contribution < 1.29 is 4.74 Å². The van der Waals surface area contributed by atoms with Crippen molar-refractivity contribution in [2.75, 3.05) is 7.05 Å².